The number of ether oxygens (including phenoxy) is 1. The lowest BCUT2D eigenvalue weighted by molar-refractivity contribution is 0.474. The van der Waals surface area contributed by atoms with Crippen molar-refractivity contribution in [3.63, 3.8) is 0 Å². The van der Waals surface area contributed by atoms with Crippen LogP contribution in [-0.2, 0) is 0 Å². The topological polar surface area (TPSA) is 9.23 Å². The van der Waals surface area contributed by atoms with Crippen molar-refractivity contribution in [1.29, 1.82) is 0 Å². The van der Waals surface area contributed by atoms with Gasteiger partial charge in [-0.15, -0.1) is 0 Å². The molecule has 4 aromatic rings. The molecule has 2 aliphatic heterocycles. The molecule has 1 nitrogen and oxygen atoms in total. The zero-order chi connectivity index (χ0) is 20.2. The highest BCUT2D eigenvalue weighted by molar-refractivity contribution is 7.99. The maximum Gasteiger partial charge on any atom is 0.135 e. The second-order valence-corrected chi connectivity index (χ2v) is 8.66. The molecule has 6 rings (SSSR count). The summed E-state index contributed by atoms with van der Waals surface area (Å²) in [5.74, 6) is 1.72. The second kappa shape index (κ2) is 6.51. The van der Waals surface area contributed by atoms with E-state index in [9.17, 15) is 0 Å². The molecule has 0 spiro atoms. The maximum atomic E-state index is 6.21. The Morgan fingerprint density at radius 1 is 0.533 bits per heavy atom. The molecule has 0 saturated carbocycles. The van der Waals surface area contributed by atoms with Gasteiger partial charge in [-0.1, -0.05) is 85.6 Å². The van der Waals surface area contributed by atoms with E-state index in [0.29, 0.717) is 0 Å². The van der Waals surface area contributed by atoms with Gasteiger partial charge in [-0.05, 0) is 57.7 Å². The minimum absolute atomic E-state index is 0.858. The maximum absolute atomic E-state index is 6.21. The van der Waals surface area contributed by atoms with Gasteiger partial charge in [0, 0.05) is 20.9 Å². The summed E-state index contributed by atoms with van der Waals surface area (Å²) in [7, 11) is 0. The van der Waals surface area contributed by atoms with E-state index in [-0.39, 0.29) is 0 Å². The molecular weight excluding hydrogens is 384 g/mol. The van der Waals surface area contributed by atoms with E-state index in [0.717, 1.165) is 39.3 Å². The summed E-state index contributed by atoms with van der Waals surface area (Å²) in [6.07, 6.45) is 0. The molecule has 0 aromatic heterocycles. The number of benzene rings is 4. The Kier molecular flexibility index (Phi) is 3.77. The normalized spacial score (nSPS) is 13.6. The molecule has 0 aliphatic carbocycles. The van der Waals surface area contributed by atoms with E-state index in [4.69, 9.17) is 4.74 Å². The molecule has 0 atom stereocenters. The van der Waals surface area contributed by atoms with Crippen LogP contribution in [0.1, 0.15) is 22.3 Å². The Morgan fingerprint density at radius 2 is 1.13 bits per heavy atom. The van der Waals surface area contributed by atoms with Crippen molar-refractivity contribution in [3.05, 3.63) is 120 Å². The molecule has 30 heavy (non-hydrogen) atoms. The van der Waals surface area contributed by atoms with Crippen molar-refractivity contribution in [2.45, 2.75) is 9.79 Å². The average molecular weight is 403 g/mol. The first-order valence-electron chi connectivity index (χ1n) is 9.90. The quantitative estimate of drug-likeness (QED) is 0.275. The molecule has 0 saturated heterocycles. The summed E-state index contributed by atoms with van der Waals surface area (Å²) in [5.41, 5.74) is 8.94. The van der Waals surface area contributed by atoms with Gasteiger partial charge < -0.3 is 4.74 Å². The second-order valence-electron chi connectivity index (χ2n) is 7.58. The van der Waals surface area contributed by atoms with E-state index >= 15 is 0 Å². The van der Waals surface area contributed by atoms with Crippen molar-refractivity contribution < 1.29 is 4.74 Å². The fourth-order valence-corrected chi connectivity index (χ4v) is 5.38. The van der Waals surface area contributed by atoms with Crippen LogP contribution in [0.3, 0.4) is 0 Å². The molecule has 0 radical (unpaired) electrons. The van der Waals surface area contributed by atoms with Gasteiger partial charge in [-0.3, -0.25) is 0 Å². The van der Waals surface area contributed by atoms with Crippen LogP contribution in [0.5, 0.6) is 11.5 Å². The molecule has 2 heterocycles. The summed E-state index contributed by atoms with van der Waals surface area (Å²) in [6, 6.07) is 29.5. The van der Waals surface area contributed by atoms with Crippen molar-refractivity contribution in [2.75, 3.05) is 0 Å². The van der Waals surface area contributed by atoms with Gasteiger partial charge in [-0.2, -0.15) is 0 Å². The smallest absolute Gasteiger partial charge is 0.135 e. The molecule has 0 fully saturated rings. The van der Waals surface area contributed by atoms with Crippen molar-refractivity contribution in [3.8, 4) is 22.6 Å². The molecular formula is C28H18OS. The Morgan fingerprint density at radius 3 is 2.00 bits per heavy atom. The molecule has 4 aromatic carbocycles. The average Bonchev–Trinajstić information content (AvgIpc) is 2.79. The Labute approximate surface area is 180 Å². The Hall–Kier alpha value is -3.49. The minimum Gasteiger partial charge on any atom is -0.456 e. The van der Waals surface area contributed by atoms with Gasteiger partial charge in [0.25, 0.3) is 0 Å². The third-order valence-electron chi connectivity index (χ3n) is 5.81. The third-order valence-corrected chi connectivity index (χ3v) is 6.94. The molecule has 2 aliphatic rings. The van der Waals surface area contributed by atoms with Crippen molar-refractivity contribution >= 4 is 22.9 Å². The van der Waals surface area contributed by atoms with E-state index in [1.54, 1.807) is 0 Å². The van der Waals surface area contributed by atoms with Crippen LogP contribution in [0.4, 0.5) is 0 Å². The first kappa shape index (κ1) is 17.4. The van der Waals surface area contributed by atoms with Crippen LogP contribution in [0, 0.1) is 0 Å². The van der Waals surface area contributed by atoms with Gasteiger partial charge in [0.15, 0.2) is 0 Å². The summed E-state index contributed by atoms with van der Waals surface area (Å²) >= 11 is 1.81. The van der Waals surface area contributed by atoms with E-state index in [2.05, 4.69) is 79.9 Å². The third kappa shape index (κ3) is 2.58. The molecule has 0 bridgehead atoms. The number of rotatable bonds is 1. The van der Waals surface area contributed by atoms with Gasteiger partial charge >= 0.3 is 0 Å². The van der Waals surface area contributed by atoms with Gasteiger partial charge in [0.1, 0.15) is 11.5 Å². The summed E-state index contributed by atoms with van der Waals surface area (Å²) < 4.78 is 6.21. The fourth-order valence-electron chi connectivity index (χ4n) is 4.21. The summed E-state index contributed by atoms with van der Waals surface area (Å²) in [6.45, 7) is 8.64. The van der Waals surface area contributed by atoms with E-state index in [1.165, 1.54) is 26.5 Å². The van der Waals surface area contributed by atoms with Gasteiger partial charge in [0.2, 0.25) is 0 Å². The largest absolute Gasteiger partial charge is 0.456 e. The number of fused-ring (bicyclic) bond motifs is 4. The van der Waals surface area contributed by atoms with Crippen LogP contribution in [-0.4, -0.2) is 0 Å². The molecule has 0 unspecified atom stereocenters. The highest BCUT2D eigenvalue weighted by Gasteiger charge is 2.22. The molecule has 2 heteroatoms. The molecule has 142 valence electrons. The van der Waals surface area contributed by atoms with E-state index < -0.39 is 0 Å². The lowest BCUT2D eigenvalue weighted by Gasteiger charge is -2.23. The summed E-state index contributed by atoms with van der Waals surface area (Å²) in [4.78, 5) is 2.50. The number of hydrogen-bond donors (Lipinski definition) is 0. The molecule has 0 N–H and O–H groups in total. The van der Waals surface area contributed by atoms with Crippen LogP contribution < -0.4 is 4.74 Å². The van der Waals surface area contributed by atoms with Crippen molar-refractivity contribution in [1.82, 2.24) is 0 Å². The highest BCUT2D eigenvalue weighted by Crippen LogP contribution is 2.47. The van der Waals surface area contributed by atoms with Crippen LogP contribution in [0.25, 0.3) is 22.3 Å². The Bertz CT molecular complexity index is 1270. The van der Waals surface area contributed by atoms with Crippen molar-refractivity contribution in [2.24, 2.45) is 0 Å². The lowest BCUT2D eigenvalue weighted by Crippen LogP contribution is -2.02. The molecule has 0 amide bonds. The summed E-state index contributed by atoms with van der Waals surface area (Å²) in [5, 5.41) is 0. The SMILES string of the molecule is C=C1c2ccccc2Oc2cc(-c3ccc4c(c3)Sc3ccccc3C4=C)ccc21. The first-order valence-corrected chi connectivity index (χ1v) is 10.7. The predicted octanol–water partition coefficient (Wildman–Crippen LogP) is 8.05. The zero-order valence-electron chi connectivity index (χ0n) is 16.3. The monoisotopic (exact) mass is 402 g/mol. The minimum atomic E-state index is 0.858. The lowest BCUT2D eigenvalue weighted by atomic mass is 9.92. The first-order chi connectivity index (χ1) is 14.7. The zero-order valence-corrected chi connectivity index (χ0v) is 17.1. The van der Waals surface area contributed by atoms with E-state index in [1.807, 2.05) is 30.0 Å². The number of hydrogen-bond acceptors (Lipinski definition) is 2. The van der Waals surface area contributed by atoms with Gasteiger partial charge in [-0.25, -0.2) is 0 Å². The fraction of sp³-hybridized carbons (Fsp3) is 0. The van der Waals surface area contributed by atoms with Gasteiger partial charge in [0.05, 0.1) is 0 Å². The highest BCUT2D eigenvalue weighted by atomic mass is 32.2. The predicted molar refractivity (Wildman–Crippen MR) is 125 cm³/mol. The standard InChI is InChI=1S/C28H18OS/c1-17-21-7-3-5-9-25(21)29-26-15-19(11-13-22(17)26)20-12-14-24-18(2)23-8-4-6-10-27(23)30-28(24)16-20/h3-16H,1-2H2. The number of para-hydroxylation sites is 1. The van der Waals surface area contributed by atoms with Crippen LogP contribution in [0.2, 0.25) is 0 Å². The van der Waals surface area contributed by atoms with Crippen LogP contribution >= 0.6 is 11.8 Å². The van der Waals surface area contributed by atoms with Crippen LogP contribution in [0.15, 0.2) is 108 Å². The Balaban J connectivity index is 1.41.